The van der Waals surface area contributed by atoms with Crippen LogP contribution in [0, 0.1) is 13.8 Å². The SMILES string of the molecule is Cc1ccc(N=C(C(=O)c2ccccc2)n2cnc3ccc(C)cc32)cc1. The summed E-state index contributed by atoms with van der Waals surface area (Å²) >= 11 is 0. The van der Waals surface area contributed by atoms with Gasteiger partial charge < -0.3 is 0 Å². The fraction of sp³-hybridized carbons (Fsp3) is 0.0870. The molecular formula is C23H19N3O. The highest BCUT2D eigenvalue weighted by molar-refractivity contribution is 6.46. The van der Waals surface area contributed by atoms with Gasteiger partial charge in [0.05, 0.1) is 16.7 Å². The van der Waals surface area contributed by atoms with Crippen LogP contribution in [0.4, 0.5) is 5.69 Å². The van der Waals surface area contributed by atoms with Crippen molar-refractivity contribution < 1.29 is 4.79 Å². The van der Waals surface area contributed by atoms with Crippen LogP contribution in [-0.4, -0.2) is 21.2 Å². The van der Waals surface area contributed by atoms with E-state index in [0.29, 0.717) is 11.4 Å². The van der Waals surface area contributed by atoms with Crippen molar-refractivity contribution in [3.05, 3.63) is 95.8 Å². The van der Waals surface area contributed by atoms with Crippen molar-refractivity contribution in [2.24, 2.45) is 4.99 Å². The number of aliphatic imine (C=N–C) groups is 1. The Labute approximate surface area is 157 Å². The molecule has 0 aliphatic heterocycles. The smallest absolute Gasteiger partial charge is 0.228 e. The number of aryl methyl sites for hydroxylation is 2. The summed E-state index contributed by atoms with van der Waals surface area (Å²) < 4.78 is 1.78. The lowest BCUT2D eigenvalue weighted by atomic mass is 10.1. The monoisotopic (exact) mass is 353 g/mol. The van der Waals surface area contributed by atoms with Gasteiger partial charge >= 0.3 is 0 Å². The average molecular weight is 353 g/mol. The first kappa shape index (κ1) is 16.9. The van der Waals surface area contributed by atoms with Crippen LogP contribution in [-0.2, 0) is 0 Å². The minimum absolute atomic E-state index is 0.142. The maximum atomic E-state index is 13.3. The standard InChI is InChI=1S/C23H19N3O/c1-16-8-11-19(12-9-16)25-23(22(27)18-6-4-3-5-7-18)26-15-24-20-13-10-17(2)14-21(20)26/h3-15H,1-2H3. The number of hydrogen-bond acceptors (Lipinski definition) is 3. The predicted molar refractivity (Wildman–Crippen MR) is 109 cm³/mol. The molecule has 0 aliphatic rings. The van der Waals surface area contributed by atoms with Gasteiger partial charge in [-0.1, -0.05) is 54.1 Å². The molecule has 0 aliphatic carbocycles. The van der Waals surface area contributed by atoms with Gasteiger partial charge in [0, 0.05) is 5.56 Å². The number of hydrogen-bond donors (Lipinski definition) is 0. The summed E-state index contributed by atoms with van der Waals surface area (Å²) in [6.07, 6.45) is 1.66. The number of carbonyl (C=O) groups excluding carboxylic acids is 1. The van der Waals surface area contributed by atoms with Crippen molar-refractivity contribution in [1.29, 1.82) is 0 Å². The third-order valence-corrected chi connectivity index (χ3v) is 4.44. The van der Waals surface area contributed by atoms with Crippen molar-refractivity contribution >= 4 is 28.3 Å². The second-order valence-corrected chi connectivity index (χ2v) is 6.57. The lowest BCUT2D eigenvalue weighted by Gasteiger charge is -2.09. The summed E-state index contributed by atoms with van der Waals surface area (Å²) in [5, 5.41) is 0. The lowest BCUT2D eigenvalue weighted by Crippen LogP contribution is -2.22. The van der Waals surface area contributed by atoms with E-state index in [4.69, 9.17) is 0 Å². The molecule has 0 unspecified atom stereocenters. The molecule has 27 heavy (non-hydrogen) atoms. The van der Waals surface area contributed by atoms with Gasteiger partial charge in [0.2, 0.25) is 5.78 Å². The molecular weight excluding hydrogens is 334 g/mol. The van der Waals surface area contributed by atoms with Crippen molar-refractivity contribution in [2.75, 3.05) is 0 Å². The number of ketones is 1. The zero-order valence-electron chi connectivity index (χ0n) is 15.3. The van der Waals surface area contributed by atoms with Crippen molar-refractivity contribution in [3.63, 3.8) is 0 Å². The number of fused-ring (bicyclic) bond motifs is 1. The van der Waals surface area contributed by atoms with E-state index in [2.05, 4.69) is 9.98 Å². The van der Waals surface area contributed by atoms with Crippen LogP contribution in [0.2, 0.25) is 0 Å². The molecule has 0 radical (unpaired) electrons. The molecule has 0 atom stereocenters. The van der Waals surface area contributed by atoms with Gasteiger partial charge in [0.1, 0.15) is 6.33 Å². The van der Waals surface area contributed by atoms with Gasteiger partial charge in [-0.2, -0.15) is 0 Å². The van der Waals surface area contributed by atoms with E-state index < -0.39 is 0 Å². The molecule has 0 saturated heterocycles. The molecule has 0 bridgehead atoms. The number of Topliss-reactive ketones (excluding diaryl/α,β-unsaturated/α-hetero) is 1. The van der Waals surface area contributed by atoms with Crippen LogP contribution in [0.25, 0.3) is 11.0 Å². The maximum Gasteiger partial charge on any atom is 0.228 e. The molecule has 0 saturated carbocycles. The van der Waals surface area contributed by atoms with E-state index in [1.807, 2.05) is 74.5 Å². The van der Waals surface area contributed by atoms with Crippen LogP contribution < -0.4 is 0 Å². The van der Waals surface area contributed by atoms with Crippen molar-refractivity contribution in [3.8, 4) is 0 Å². The van der Waals surface area contributed by atoms with E-state index in [-0.39, 0.29) is 5.78 Å². The van der Waals surface area contributed by atoms with Gasteiger partial charge in [-0.25, -0.2) is 9.98 Å². The summed E-state index contributed by atoms with van der Waals surface area (Å²) in [5.41, 5.74) is 5.27. The molecule has 0 N–H and O–H groups in total. The van der Waals surface area contributed by atoms with E-state index in [1.54, 1.807) is 23.0 Å². The van der Waals surface area contributed by atoms with E-state index in [1.165, 1.54) is 0 Å². The molecule has 1 heterocycles. The van der Waals surface area contributed by atoms with E-state index >= 15 is 0 Å². The molecule has 0 spiro atoms. The molecule has 4 rings (SSSR count). The Kier molecular flexibility index (Phi) is 4.38. The highest BCUT2D eigenvalue weighted by Crippen LogP contribution is 2.19. The fourth-order valence-corrected chi connectivity index (χ4v) is 2.96. The van der Waals surface area contributed by atoms with Crippen LogP contribution in [0.15, 0.2) is 84.1 Å². The number of imidazole rings is 1. The molecule has 1 aromatic heterocycles. The largest absolute Gasteiger partial charge is 0.285 e. The quantitative estimate of drug-likeness (QED) is 0.292. The summed E-state index contributed by atoms with van der Waals surface area (Å²) in [6, 6.07) is 23.0. The number of benzene rings is 3. The van der Waals surface area contributed by atoms with Gasteiger partial charge in [-0.15, -0.1) is 0 Å². The Bertz CT molecular complexity index is 1140. The lowest BCUT2D eigenvalue weighted by molar-refractivity contribution is 0.106. The highest BCUT2D eigenvalue weighted by atomic mass is 16.1. The first-order valence-electron chi connectivity index (χ1n) is 8.81. The third kappa shape index (κ3) is 3.42. The zero-order chi connectivity index (χ0) is 18.8. The summed E-state index contributed by atoms with van der Waals surface area (Å²) in [7, 11) is 0. The Hall–Kier alpha value is -3.53. The second-order valence-electron chi connectivity index (χ2n) is 6.57. The van der Waals surface area contributed by atoms with Crippen LogP contribution in [0.5, 0.6) is 0 Å². The average Bonchev–Trinajstić information content (AvgIpc) is 3.10. The summed E-state index contributed by atoms with van der Waals surface area (Å²) in [4.78, 5) is 22.4. The Balaban J connectivity index is 1.91. The molecule has 3 aromatic carbocycles. The normalized spacial score (nSPS) is 11.7. The van der Waals surface area contributed by atoms with Crippen molar-refractivity contribution in [2.45, 2.75) is 13.8 Å². The van der Waals surface area contributed by atoms with Gasteiger partial charge in [0.25, 0.3) is 0 Å². The Morgan fingerprint density at radius 1 is 0.889 bits per heavy atom. The van der Waals surface area contributed by atoms with Crippen molar-refractivity contribution in [1.82, 2.24) is 9.55 Å². The topological polar surface area (TPSA) is 47.2 Å². The number of rotatable bonds is 3. The van der Waals surface area contributed by atoms with E-state index in [0.717, 1.165) is 27.8 Å². The maximum absolute atomic E-state index is 13.3. The fourth-order valence-electron chi connectivity index (χ4n) is 2.96. The number of nitrogens with zero attached hydrogens (tertiary/aromatic N) is 3. The molecule has 0 amide bonds. The number of carbonyl (C=O) groups is 1. The minimum atomic E-state index is -0.142. The molecule has 0 fully saturated rings. The Morgan fingerprint density at radius 3 is 2.33 bits per heavy atom. The molecule has 4 heteroatoms. The highest BCUT2D eigenvalue weighted by Gasteiger charge is 2.19. The Morgan fingerprint density at radius 2 is 1.59 bits per heavy atom. The van der Waals surface area contributed by atoms with Crippen LogP contribution in [0.1, 0.15) is 21.5 Å². The summed E-state index contributed by atoms with van der Waals surface area (Å²) in [5.74, 6) is 0.190. The second kappa shape index (κ2) is 7.00. The van der Waals surface area contributed by atoms with Gasteiger partial charge in [-0.3, -0.25) is 9.36 Å². The molecule has 4 aromatic rings. The number of aromatic nitrogens is 2. The van der Waals surface area contributed by atoms with Gasteiger partial charge in [-0.05, 0) is 43.7 Å². The van der Waals surface area contributed by atoms with E-state index in [9.17, 15) is 4.79 Å². The zero-order valence-corrected chi connectivity index (χ0v) is 15.3. The molecule has 132 valence electrons. The third-order valence-electron chi connectivity index (χ3n) is 4.44. The predicted octanol–water partition coefficient (Wildman–Crippen LogP) is 5.11. The van der Waals surface area contributed by atoms with Crippen LogP contribution >= 0.6 is 0 Å². The van der Waals surface area contributed by atoms with Crippen LogP contribution in [0.3, 0.4) is 0 Å². The molecule has 4 nitrogen and oxygen atoms in total. The summed E-state index contributed by atoms with van der Waals surface area (Å²) in [6.45, 7) is 4.04. The van der Waals surface area contributed by atoms with Gasteiger partial charge in [0.15, 0.2) is 5.84 Å². The first-order valence-corrected chi connectivity index (χ1v) is 8.81. The first-order chi connectivity index (χ1) is 13.1. The minimum Gasteiger partial charge on any atom is -0.285 e.